The molecular formula is C22H18ClNO2. The molecule has 130 valence electrons. The Morgan fingerprint density at radius 1 is 0.923 bits per heavy atom. The molecule has 3 nitrogen and oxygen atoms in total. The molecule has 1 amide bonds. The molecule has 0 aliphatic heterocycles. The molecule has 3 aromatic carbocycles. The molecule has 0 heterocycles. The molecule has 3 aromatic rings. The monoisotopic (exact) mass is 363 g/mol. The highest BCUT2D eigenvalue weighted by molar-refractivity contribution is 6.34. The number of carbonyl (C=O) groups is 1. The van der Waals surface area contributed by atoms with Gasteiger partial charge < -0.3 is 10.1 Å². The molecule has 3 rings (SSSR count). The Morgan fingerprint density at radius 3 is 2.31 bits per heavy atom. The average Bonchev–Trinajstić information content (AvgIpc) is 2.68. The van der Waals surface area contributed by atoms with Crippen molar-refractivity contribution < 1.29 is 9.53 Å². The van der Waals surface area contributed by atoms with Crippen LogP contribution in [0.15, 0.2) is 78.9 Å². The fourth-order valence-corrected chi connectivity index (χ4v) is 2.77. The molecule has 0 saturated carbocycles. The van der Waals surface area contributed by atoms with Crippen molar-refractivity contribution in [1.29, 1.82) is 0 Å². The summed E-state index contributed by atoms with van der Waals surface area (Å²) >= 11 is 6.27. The third kappa shape index (κ3) is 4.13. The first-order valence-corrected chi connectivity index (χ1v) is 8.53. The van der Waals surface area contributed by atoms with Crippen LogP contribution in [0.5, 0.6) is 5.75 Å². The van der Waals surface area contributed by atoms with Crippen molar-refractivity contribution in [2.75, 3.05) is 12.4 Å². The molecule has 0 aliphatic rings. The highest BCUT2D eigenvalue weighted by Gasteiger charge is 2.15. The van der Waals surface area contributed by atoms with E-state index < -0.39 is 0 Å². The van der Waals surface area contributed by atoms with E-state index in [1.54, 1.807) is 31.4 Å². The van der Waals surface area contributed by atoms with E-state index in [-0.39, 0.29) is 5.91 Å². The van der Waals surface area contributed by atoms with Gasteiger partial charge in [-0.3, -0.25) is 4.79 Å². The molecule has 1 N–H and O–H groups in total. The lowest BCUT2D eigenvalue weighted by Gasteiger charge is -2.13. The maximum absolute atomic E-state index is 13.0. The van der Waals surface area contributed by atoms with E-state index in [2.05, 4.69) is 5.32 Å². The molecule has 0 fully saturated rings. The second-order valence-electron chi connectivity index (χ2n) is 5.60. The van der Waals surface area contributed by atoms with E-state index in [4.69, 9.17) is 16.3 Å². The number of nitrogens with one attached hydrogen (secondary N) is 1. The third-order valence-electron chi connectivity index (χ3n) is 3.89. The predicted octanol–water partition coefficient (Wildman–Crippen LogP) is 5.53. The standard InChI is InChI=1S/C22H18ClNO2/c1-26-21-14-8-7-13-20(21)24-22(25)18(16-9-3-2-4-10-16)15-17-11-5-6-12-19(17)23/h2-15H,1H3,(H,24,25)/b18-15+. The minimum Gasteiger partial charge on any atom is -0.495 e. The molecule has 0 radical (unpaired) electrons. The molecule has 0 atom stereocenters. The Kier molecular flexibility index (Phi) is 5.72. The summed E-state index contributed by atoms with van der Waals surface area (Å²) in [5, 5.41) is 3.51. The number of hydrogen-bond donors (Lipinski definition) is 1. The zero-order valence-corrected chi connectivity index (χ0v) is 15.0. The van der Waals surface area contributed by atoms with E-state index in [1.807, 2.05) is 60.7 Å². The summed E-state index contributed by atoms with van der Waals surface area (Å²) in [4.78, 5) is 13.0. The fourth-order valence-electron chi connectivity index (χ4n) is 2.58. The molecule has 0 aromatic heterocycles. The normalized spacial score (nSPS) is 11.1. The van der Waals surface area contributed by atoms with Gasteiger partial charge in [-0.2, -0.15) is 0 Å². The average molecular weight is 364 g/mol. The quantitative estimate of drug-likeness (QED) is 0.478. The van der Waals surface area contributed by atoms with Crippen LogP contribution >= 0.6 is 11.6 Å². The van der Waals surface area contributed by atoms with Gasteiger partial charge in [0, 0.05) is 10.6 Å². The summed E-state index contributed by atoms with van der Waals surface area (Å²) in [5.41, 5.74) is 2.72. The Morgan fingerprint density at radius 2 is 1.58 bits per heavy atom. The Hall–Kier alpha value is -3.04. The van der Waals surface area contributed by atoms with Crippen LogP contribution in [0.4, 0.5) is 5.69 Å². The van der Waals surface area contributed by atoms with Crippen LogP contribution in [0.3, 0.4) is 0 Å². The molecular weight excluding hydrogens is 346 g/mol. The van der Waals surface area contributed by atoms with Gasteiger partial charge in [0.15, 0.2) is 0 Å². The lowest BCUT2D eigenvalue weighted by Crippen LogP contribution is -2.14. The van der Waals surface area contributed by atoms with Crippen LogP contribution < -0.4 is 10.1 Å². The number of methoxy groups -OCH3 is 1. The Balaban J connectivity index is 2.01. The Labute approximate surface area is 157 Å². The van der Waals surface area contributed by atoms with Crippen molar-refractivity contribution in [3.05, 3.63) is 95.0 Å². The maximum Gasteiger partial charge on any atom is 0.256 e. The number of halogens is 1. The summed E-state index contributed by atoms with van der Waals surface area (Å²) in [5.74, 6) is 0.367. The number of anilines is 1. The number of carbonyl (C=O) groups excluding carboxylic acids is 1. The summed E-state index contributed by atoms with van der Waals surface area (Å²) in [6, 6.07) is 24.2. The lowest BCUT2D eigenvalue weighted by molar-refractivity contribution is -0.111. The number of ether oxygens (including phenoxy) is 1. The SMILES string of the molecule is COc1ccccc1NC(=O)/C(=C/c1ccccc1Cl)c1ccccc1. The van der Waals surface area contributed by atoms with E-state index in [0.29, 0.717) is 22.0 Å². The third-order valence-corrected chi connectivity index (χ3v) is 4.23. The lowest BCUT2D eigenvalue weighted by atomic mass is 10.0. The largest absolute Gasteiger partial charge is 0.495 e. The van der Waals surface area contributed by atoms with Crippen molar-refractivity contribution >= 4 is 34.8 Å². The summed E-state index contributed by atoms with van der Waals surface area (Å²) in [6.45, 7) is 0. The summed E-state index contributed by atoms with van der Waals surface area (Å²) in [7, 11) is 1.57. The molecule has 0 bridgehead atoms. The van der Waals surface area contributed by atoms with Crippen LogP contribution in [0.1, 0.15) is 11.1 Å². The van der Waals surface area contributed by atoms with E-state index in [1.165, 1.54) is 0 Å². The molecule has 0 spiro atoms. The fraction of sp³-hybridized carbons (Fsp3) is 0.0455. The number of benzene rings is 3. The van der Waals surface area contributed by atoms with Crippen LogP contribution in [0.2, 0.25) is 5.02 Å². The molecule has 0 unspecified atom stereocenters. The highest BCUT2D eigenvalue weighted by Crippen LogP contribution is 2.27. The second-order valence-corrected chi connectivity index (χ2v) is 6.01. The van der Waals surface area contributed by atoms with Gasteiger partial charge in [0.1, 0.15) is 5.75 Å². The first-order valence-electron chi connectivity index (χ1n) is 8.15. The zero-order chi connectivity index (χ0) is 18.4. The first-order chi connectivity index (χ1) is 12.7. The van der Waals surface area contributed by atoms with Crippen molar-refractivity contribution in [3.63, 3.8) is 0 Å². The van der Waals surface area contributed by atoms with Gasteiger partial charge in [-0.25, -0.2) is 0 Å². The van der Waals surface area contributed by atoms with Gasteiger partial charge in [-0.05, 0) is 35.4 Å². The first kappa shape index (κ1) is 17.8. The van der Waals surface area contributed by atoms with E-state index in [0.717, 1.165) is 11.1 Å². The van der Waals surface area contributed by atoms with Gasteiger partial charge in [-0.1, -0.05) is 72.3 Å². The minimum absolute atomic E-state index is 0.236. The molecule has 4 heteroatoms. The number of amides is 1. The van der Waals surface area contributed by atoms with Gasteiger partial charge >= 0.3 is 0 Å². The zero-order valence-electron chi connectivity index (χ0n) is 14.3. The summed E-state index contributed by atoms with van der Waals surface area (Å²) in [6.07, 6.45) is 1.79. The van der Waals surface area contributed by atoms with Crippen LogP contribution in [-0.4, -0.2) is 13.0 Å². The highest BCUT2D eigenvalue weighted by atomic mass is 35.5. The second kappa shape index (κ2) is 8.37. The molecule has 26 heavy (non-hydrogen) atoms. The van der Waals surface area contributed by atoms with E-state index >= 15 is 0 Å². The van der Waals surface area contributed by atoms with E-state index in [9.17, 15) is 4.79 Å². The van der Waals surface area contributed by atoms with Crippen molar-refractivity contribution in [3.8, 4) is 5.75 Å². The topological polar surface area (TPSA) is 38.3 Å². The number of para-hydroxylation sites is 2. The molecule has 0 saturated heterocycles. The Bertz CT molecular complexity index is 936. The van der Waals surface area contributed by atoms with Crippen molar-refractivity contribution in [2.45, 2.75) is 0 Å². The van der Waals surface area contributed by atoms with Crippen LogP contribution in [-0.2, 0) is 4.79 Å². The number of hydrogen-bond acceptors (Lipinski definition) is 2. The van der Waals surface area contributed by atoms with Gasteiger partial charge in [0.25, 0.3) is 5.91 Å². The minimum atomic E-state index is -0.236. The van der Waals surface area contributed by atoms with Crippen molar-refractivity contribution in [1.82, 2.24) is 0 Å². The number of rotatable bonds is 5. The van der Waals surface area contributed by atoms with Gasteiger partial charge in [0.2, 0.25) is 0 Å². The predicted molar refractivity (Wildman–Crippen MR) is 107 cm³/mol. The van der Waals surface area contributed by atoms with Crippen LogP contribution in [0, 0.1) is 0 Å². The maximum atomic E-state index is 13.0. The van der Waals surface area contributed by atoms with Gasteiger partial charge in [0.05, 0.1) is 12.8 Å². The van der Waals surface area contributed by atoms with Crippen molar-refractivity contribution in [2.24, 2.45) is 0 Å². The molecule has 0 aliphatic carbocycles. The van der Waals surface area contributed by atoms with Gasteiger partial charge in [-0.15, -0.1) is 0 Å². The smallest absolute Gasteiger partial charge is 0.256 e. The summed E-state index contributed by atoms with van der Waals surface area (Å²) < 4.78 is 5.31. The van der Waals surface area contributed by atoms with Crippen LogP contribution in [0.25, 0.3) is 11.6 Å².